The number of rotatable bonds is 4. The van der Waals surface area contributed by atoms with E-state index in [0.29, 0.717) is 5.56 Å². The summed E-state index contributed by atoms with van der Waals surface area (Å²) in [5, 5.41) is 3.35. The zero-order valence-corrected chi connectivity index (χ0v) is 8.68. The lowest BCUT2D eigenvalue weighted by molar-refractivity contribution is -0.139. The fraction of sp³-hybridized carbons (Fsp3) is 0.300. The SMILES string of the molecule is COC(=O)Cc1cc(CN=[N+]=[N-])ccc1F. The third-order valence-corrected chi connectivity index (χ3v) is 1.99. The molecule has 5 nitrogen and oxygen atoms in total. The minimum atomic E-state index is -0.514. The van der Waals surface area contributed by atoms with Gasteiger partial charge in [-0.25, -0.2) is 4.39 Å². The van der Waals surface area contributed by atoms with Crippen molar-refractivity contribution >= 4 is 5.97 Å². The molecular formula is C10H10FN3O2. The van der Waals surface area contributed by atoms with Crippen molar-refractivity contribution in [3.63, 3.8) is 0 Å². The maximum atomic E-state index is 13.3. The third kappa shape index (κ3) is 3.25. The fourth-order valence-electron chi connectivity index (χ4n) is 1.20. The Morgan fingerprint density at radius 1 is 1.62 bits per heavy atom. The fourth-order valence-corrected chi connectivity index (χ4v) is 1.20. The number of azide groups is 1. The number of halogens is 1. The first-order chi connectivity index (χ1) is 7.67. The molecule has 0 aromatic heterocycles. The van der Waals surface area contributed by atoms with E-state index >= 15 is 0 Å². The zero-order valence-electron chi connectivity index (χ0n) is 8.68. The van der Waals surface area contributed by atoms with Gasteiger partial charge in [-0.1, -0.05) is 17.2 Å². The smallest absolute Gasteiger partial charge is 0.310 e. The Hall–Kier alpha value is -2.07. The summed E-state index contributed by atoms with van der Waals surface area (Å²) in [7, 11) is 1.24. The van der Waals surface area contributed by atoms with E-state index in [1.165, 1.54) is 25.3 Å². The summed E-state index contributed by atoms with van der Waals surface area (Å²) in [4.78, 5) is 13.6. The standard InChI is InChI=1S/C10H10FN3O2/c1-16-10(15)5-8-4-7(6-13-14-12)2-3-9(8)11/h2-4H,5-6H2,1H3. The van der Waals surface area contributed by atoms with Gasteiger partial charge < -0.3 is 4.74 Å². The van der Waals surface area contributed by atoms with Crippen molar-refractivity contribution in [1.29, 1.82) is 0 Å². The molecule has 0 bridgehead atoms. The van der Waals surface area contributed by atoms with Gasteiger partial charge in [0.2, 0.25) is 0 Å². The van der Waals surface area contributed by atoms with Crippen LogP contribution in [0.15, 0.2) is 23.3 Å². The van der Waals surface area contributed by atoms with E-state index in [0.717, 1.165) is 0 Å². The first-order valence-corrected chi connectivity index (χ1v) is 4.52. The Morgan fingerprint density at radius 2 is 2.38 bits per heavy atom. The highest BCUT2D eigenvalue weighted by molar-refractivity contribution is 5.72. The molecule has 0 saturated heterocycles. The number of nitrogens with zero attached hydrogens (tertiary/aromatic N) is 3. The van der Waals surface area contributed by atoms with Gasteiger partial charge in [-0.2, -0.15) is 0 Å². The van der Waals surface area contributed by atoms with Crippen LogP contribution in [0.5, 0.6) is 0 Å². The van der Waals surface area contributed by atoms with Gasteiger partial charge in [-0.15, -0.1) is 0 Å². The molecule has 0 fully saturated rings. The van der Waals surface area contributed by atoms with E-state index in [9.17, 15) is 9.18 Å². The molecule has 0 radical (unpaired) electrons. The number of carbonyl (C=O) groups excluding carboxylic acids is 1. The monoisotopic (exact) mass is 223 g/mol. The van der Waals surface area contributed by atoms with Crippen LogP contribution in [-0.4, -0.2) is 13.1 Å². The Balaban J connectivity index is 2.89. The lowest BCUT2D eigenvalue weighted by Gasteiger charge is -2.04. The normalized spacial score (nSPS) is 9.38. The van der Waals surface area contributed by atoms with Crippen molar-refractivity contribution < 1.29 is 13.9 Å². The van der Waals surface area contributed by atoms with Gasteiger partial charge in [-0.3, -0.25) is 4.79 Å². The Morgan fingerprint density at radius 3 is 3.00 bits per heavy atom. The van der Waals surface area contributed by atoms with Crippen LogP contribution >= 0.6 is 0 Å². The number of hydrogen-bond donors (Lipinski definition) is 0. The van der Waals surface area contributed by atoms with Crippen LogP contribution < -0.4 is 0 Å². The maximum Gasteiger partial charge on any atom is 0.310 e. The predicted octanol–water partition coefficient (Wildman–Crippen LogP) is 2.35. The lowest BCUT2D eigenvalue weighted by atomic mass is 10.1. The highest BCUT2D eigenvalue weighted by Gasteiger charge is 2.08. The quantitative estimate of drug-likeness (QED) is 0.340. The summed E-state index contributed by atoms with van der Waals surface area (Å²) in [6, 6.07) is 4.23. The summed E-state index contributed by atoms with van der Waals surface area (Å²) < 4.78 is 17.7. The second-order valence-corrected chi connectivity index (χ2v) is 3.07. The topological polar surface area (TPSA) is 75.1 Å². The molecule has 6 heteroatoms. The molecule has 1 rings (SSSR count). The van der Waals surface area contributed by atoms with Crippen LogP contribution in [0.25, 0.3) is 10.4 Å². The summed E-state index contributed by atoms with van der Waals surface area (Å²) >= 11 is 0. The molecule has 0 aliphatic carbocycles. The van der Waals surface area contributed by atoms with Gasteiger partial charge in [0, 0.05) is 4.91 Å². The van der Waals surface area contributed by atoms with Crippen LogP contribution in [0.1, 0.15) is 11.1 Å². The molecule has 0 amide bonds. The second-order valence-electron chi connectivity index (χ2n) is 3.07. The molecule has 0 N–H and O–H groups in total. The lowest BCUT2D eigenvalue weighted by Crippen LogP contribution is -2.06. The molecule has 0 atom stereocenters. The molecule has 0 aliphatic rings. The van der Waals surface area contributed by atoms with Gasteiger partial charge in [0.25, 0.3) is 0 Å². The van der Waals surface area contributed by atoms with E-state index in [2.05, 4.69) is 14.8 Å². The first kappa shape index (κ1) is 12.0. The Bertz CT molecular complexity index is 442. The molecule has 0 aliphatic heterocycles. The molecule has 84 valence electrons. The number of hydrogen-bond acceptors (Lipinski definition) is 3. The predicted molar refractivity (Wildman–Crippen MR) is 55.0 cm³/mol. The number of benzene rings is 1. The minimum absolute atomic E-state index is 0.130. The van der Waals surface area contributed by atoms with Crippen LogP contribution in [-0.2, 0) is 22.5 Å². The summed E-state index contributed by atoms with van der Waals surface area (Å²) in [5.41, 5.74) is 9.03. The van der Waals surface area contributed by atoms with E-state index < -0.39 is 11.8 Å². The Labute approximate surface area is 91.5 Å². The maximum absolute atomic E-state index is 13.3. The van der Waals surface area contributed by atoms with Crippen LogP contribution in [0.4, 0.5) is 4.39 Å². The van der Waals surface area contributed by atoms with Crippen molar-refractivity contribution in [2.45, 2.75) is 13.0 Å². The average Bonchev–Trinajstić information content (AvgIpc) is 2.30. The van der Waals surface area contributed by atoms with Gasteiger partial charge in [0.05, 0.1) is 20.1 Å². The molecule has 16 heavy (non-hydrogen) atoms. The first-order valence-electron chi connectivity index (χ1n) is 4.52. The molecule has 0 saturated carbocycles. The molecular weight excluding hydrogens is 213 g/mol. The number of carbonyl (C=O) groups is 1. The summed E-state index contributed by atoms with van der Waals surface area (Å²) in [6.07, 6.45) is -0.132. The van der Waals surface area contributed by atoms with E-state index in [-0.39, 0.29) is 18.5 Å². The van der Waals surface area contributed by atoms with Gasteiger partial charge in [0.15, 0.2) is 0 Å². The van der Waals surface area contributed by atoms with Crippen molar-refractivity contribution in [2.24, 2.45) is 5.11 Å². The largest absolute Gasteiger partial charge is 0.469 e. The Kier molecular flexibility index (Phi) is 4.29. The third-order valence-electron chi connectivity index (χ3n) is 1.99. The molecule has 1 aromatic rings. The molecule has 0 spiro atoms. The van der Waals surface area contributed by atoms with Crippen molar-refractivity contribution in [3.05, 3.63) is 45.6 Å². The number of ether oxygens (including phenoxy) is 1. The van der Waals surface area contributed by atoms with Crippen molar-refractivity contribution in [2.75, 3.05) is 7.11 Å². The van der Waals surface area contributed by atoms with Crippen LogP contribution in [0.3, 0.4) is 0 Å². The van der Waals surface area contributed by atoms with E-state index in [4.69, 9.17) is 5.53 Å². The zero-order chi connectivity index (χ0) is 12.0. The molecule has 0 unspecified atom stereocenters. The van der Waals surface area contributed by atoms with E-state index in [1.54, 1.807) is 0 Å². The number of esters is 1. The highest BCUT2D eigenvalue weighted by Crippen LogP contribution is 2.12. The van der Waals surface area contributed by atoms with Gasteiger partial charge in [0.1, 0.15) is 5.82 Å². The molecule has 0 heterocycles. The van der Waals surface area contributed by atoms with Crippen molar-refractivity contribution in [1.82, 2.24) is 0 Å². The van der Waals surface area contributed by atoms with Gasteiger partial charge >= 0.3 is 5.97 Å². The van der Waals surface area contributed by atoms with Gasteiger partial charge in [-0.05, 0) is 22.7 Å². The van der Waals surface area contributed by atoms with Crippen LogP contribution in [0, 0.1) is 5.82 Å². The van der Waals surface area contributed by atoms with E-state index in [1.807, 2.05) is 0 Å². The van der Waals surface area contributed by atoms with Crippen molar-refractivity contribution in [3.8, 4) is 0 Å². The number of methoxy groups -OCH3 is 1. The summed E-state index contributed by atoms with van der Waals surface area (Å²) in [5.74, 6) is -0.991. The minimum Gasteiger partial charge on any atom is -0.469 e. The molecule has 1 aromatic carbocycles. The second kappa shape index (κ2) is 5.72. The van der Waals surface area contributed by atoms with Crippen LogP contribution in [0.2, 0.25) is 0 Å². The summed E-state index contributed by atoms with van der Waals surface area (Å²) in [6.45, 7) is 0.130. The average molecular weight is 223 g/mol. The highest BCUT2D eigenvalue weighted by atomic mass is 19.1.